The van der Waals surface area contributed by atoms with Crippen molar-refractivity contribution in [3.63, 3.8) is 0 Å². The van der Waals surface area contributed by atoms with Crippen LogP contribution in [0.3, 0.4) is 0 Å². The van der Waals surface area contributed by atoms with Gasteiger partial charge in [0, 0.05) is 6.42 Å². The van der Waals surface area contributed by atoms with Crippen LogP contribution in [0.2, 0.25) is 0 Å². The lowest BCUT2D eigenvalue weighted by molar-refractivity contribution is -0.359. The predicted octanol–water partition coefficient (Wildman–Crippen LogP) is 11.5. The summed E-state index contributed by atoms with van der Waals surface area (Å²) in [4.78, 5) is 13.2. The zero-order valence-electron chi connectivity index (χ0n) is 48.5. The summed E-state index contributed by atoms with van der Waals surface area (Å²) in [6, 6.07) is -0.909. The molecule has 2 aliphatic heterocycles. The number of amides is 1. The number of aliphatic hydroxyl groups is 8. The van der Waals surface area contributed by atoms with E-state index in [1.54, 1.807) is 6.08 Å². The summed E-state index contributed by atoms with van der Waals surface area (Å²) in [5, 5.41) is 87.2. The SMILES string of the molecule is CCCCCCCCCCCCCCCCCCCCCCCCCCC/C=C/C(O)C(COC1OC(CO)C(OC2OC(CO)C(O)C(O)C2O)C(O)C1O)NC(=O)CCCCCCCCCCCCCCCCC. The van der Waals surface area contributed by atoms with Gasteiger partial charge >= 0.3 is 0 Å². The van der Waals surface area contributed by atoms with E-state index in [0.717, 1.165) is 38.5 Å². The summed E-state index contributed by atoms with van der Waals surface area (Å²) >= 11 is 0. The lowest BCUT2D eigenvalue weighted by atomic mass is 9.97. The van der Waals surface area contributed by atoms with E-state index in [1.807, 2.05) is 6.08 Å². The van der Waals surface area contributed by atoms with Crippen LogP contribution in [0.1, 0.15) is 284 Å². The number of unbranched alkanes of at least 4 members (excludes halogenated alkanes) is 39. The fourth-order valence-electron chi connectivity index (χ4n) is 10.8. The smallest absolute Gasteiger partial charge is 0.220 e. The van der Waals surface area contributed by atoms with Crippen molar-refractivity contribution in [3.05, 3.63) is 12.2 Å². The largest absolute Gasteiger partial charge is 0.394 e. The van der Waals surface area contributed by atoms with Gasteiger partial charge in [0.1, 0.15) is 48.8 Å². The van der Waals surface area contributed by atoms with Crippen molar-refractivity contribution in [1.29, 1.82) is 0 Å². The summed E-state index contributed by atoms with van der Waals surface area (Å²) in [5.41, 5.74) is 0. The molecule has 2 saturated heterocycles. The first-order valence-electron chi connectivity index (χ1n) is 31.9. The van der Waals surface area contributed by atoms with Crippen LogP contribution in [-0.4, -0.2) is 140 Å². The van der Waals surface area contributed by atoms with Crippen molar-refractivity contribution in [2.75, 3.05) is 19.8 Å². The first-order chi connectivity index (χ1) is 37.1. The van der Waals surface area contributed by atoms with Crippen LogP contribution < -0.4 is 5.32 Å². The molecule has 0 saturated carbocycles. The van der Waals surface area contributed by atoms with E-state index in [4.69, 9.17) is 18.9 Å². The average Bonchev–Trinajstić information content (AvgIpc) is 3.42. The second-order valence-electron chi connectivity index (χ2n) is 22.9. The highest BCUT2D eigenvalue weighted by atomic mass is 16.7. The molecule has 1 amide bonds. The molecule has 14 nitrogen and oxygen atoms in total. The Labute approximate surface area is 463 Å². The Balaban J connectivity index is 1.71. The van der Waals surface area contributed by atoms with Crippen molar-refractivity contribution in [2.45, 2.75) is 357 Å². The van der Waals surface area contributed by atoms with E-state index >= 15 is 0 Å². The summed E-state index contributed by atoms with van der Waals surface area (Å²) < 4.78 is 22.8. The van der Waals surface area contributed by atoms with E-state index in [2.05, 4.69) is 19.2 Å². The number of carbonyl (C=O) groups excluding carboxylic acids is 1. The van der Waals surface area contributed by atoms with Crippen LogP contribution in [-0.2, 0) is 23.7 Å². The van der Waals surface area contributed by atoms with Crippen LogP contribution in [0.15, 0.2) is 12.2 Å². The van der Waals surface area contributed by atoms with Crippen LogP contribution in [0.4, 0.5) is 0 Å². The molecule has 0 aromatic heterocycles. The number of carbonyl (C=O) groups is 1. The van der Waals surface area contributed by atoms with Gasteiger partial charge in [0.2, 0.25) is 5.91 Å². The quantitative estimate of drug-likeness (QED) is 0.0204. The Morgan fingerprint density at radius 2 is 0.816 bits per heavy atom. The molecule has 2 rings (SSSR count). The number of nitrogens with one attached hydrogen (secondary N) is 1. The standard InChI is InChI=1S/C62H119NO13/c1-3-5-7-9-11-13-15-17-19-20-21-22-23-24-25-26-27-28-29-30-32-33-35-37-39-41-43-45-51(66)50(63-54(67)46-44-42-40-38-36-34-31-18-16-14-12-10-8-6-4-2)49-73-61-59(72)57(70)60(53(48-65)75-61)76-62-58(71)56(69)55(68)52(47-64)74-62/h43,45,50-53,55-62,64-66,68-72H,3-42,44,46-49H2,1-2H3,(H,63,67)/b45-43+. The molecule has 0 bridgehead atoms. The molecule has 2 fully saturated rings. The minimum absolute atomic E-state index is 0.234. The van der Waals surface area contributed by atoms with E-state index in [9.17, 15) is 45.6 Å². The Bertz CT molecular complexity index is 1330. The van der Waals surface area contributed by atoms with Crippen LogP contribution in [0, 0.1) is 0 Å². The number of allylic oxidation sites excluding steroid dienone is 1. The summed E-state index contributed by atoms with van der Waals surface area (Å²) in [5.74, 6) is -0.234. The fourth-order valence-corrected chi connectivity index (χ4v) is 10.8. The maximum Gasteiger partial charge on any atom is 0.220 e. The summed E-state index contributed by atoms with van der Waals surface area (Å²) in [7, 11) is 0. The Morgan fingerprint density at radius 1 is 0.461 bits per heavy atom. The molecule has 9 N–H and O–H groups in total. The lowest BCUT2D eigenvalue weighted by Gasteiger charge is -2.46. The minimum Gasteiger partial charge on any atom is -0.394 e. The van der Waals surface area contributed by atoms with Gasteiger partial charge < -0.3 is 65.1 Å². The molecule has 2 aliphatic rings. The van der Waals surface area contributed by atoms with Crippen molar-refractivity contribution >= 4 is 5.91 Å². The topological polar surface area (TPSA) is 228 Å². The molecule has 12 atom stereocenters. The molecule has 2 heterocycles. The predicted molar refractivity (Wildman–Crippen MR) is 305 cm³/mol. The number of hydrogen-bond donors (Lipinski definition) is 9. The van der Waals surface area contributed by atoms with Gasteiger partial charge in [0.05, 0.1) is 32.0 Å². The monoisotopic (exact) mass is 1090 g/mol. The van der Waals surface area contributed by atoms with Gasteiger partial charge in [0.25, 0.3) is 0 Å². The highest BCUT2D eigenvalue weighted by Crippen LogP contribution is 2.30. The van der Waals surface area contributed by atoms with E-state index in [-0.39, 0.29) is 18.9 Å². The van der Waals surface area contributed by atoms with Gasteiger partial charge in [0.15, 0.2) is 12.6 Å². The number of aliphatic hydroxyl groups excluding tert-OH is 8. The molecule has 450 valence electrons. The van der Waals surface area contributed by atoms with E-state index in [0.29, 0.717) is 6.42 Å². The Kier molecular flexibility index (Phi) is 45.1. The average molecular weight is 1090 g/mol. The molecule has 0 spiro atoms. The van der Waals surface area contributed by atoms with Crippen molar-refractivity contribution < 1.29 is 64.6 Å². The molecule has 0 radical (unpaired) electrons. The van der Waals surface area contributed by atoms with Gasteiger partial charge in [-0.3, -0.25) is 4.79 Å². The third-order valence-corrected chi connectivity index (χ3v) is 16.0. The van der Waals surface area contributed by atoms with Crippen molar-refractivity contribution in [3.8, 4) is 0 Å². The second kappa shape index (κ2) is 48.4. The van der Waals surface area contributed by atoms with Gasteiger partial charge in [-0.25, -0.2) is 0 Å². The van der Waals surface area contributed by atoms with Gasteiger partial charge in [-0.2, -0.15) is 0 Å². The zero-order chi connectivity index (χ0) is 55.3. The lowest BCUT2D eigenvalue weighted by Crippen LogP contribution is -2.65. The molecule has 0 aromatic carbocycles. The molecular weight excluding hydrogens is 967 g/mol. The fraction of sp³-hybridized carbons (Fsp3) is 0.952. The zero-order valence-corrected chi connectivity index (χ0v) is 48.5. The number of hydrogen-bond acceptors (Lipinski definition) is 13. The Morgan fingerprint density at radius 3 is 1.21 bits per heavy atom. The molecule has 0 aromatic rings. The van der Waals surface area contributed by atoms with Gasteiger partial charge in [-0.05, 0) is 19.3 Å². The Hall–Kier alpha value is -1.27. The minimum atomic E-state index is -1.79. The molecule has 12 unspecified atom stereocenters. The van der Waals surface area contributed by atoms with Crippen LogP contribution >= 0.6 is 0 Å². The van der Waals surface area contributed by atoms with Crippen LogP contribution in [0.5, 0.6) is 0 Å². The molecule has 0 aliphatic carbocycles. The molecular formula is C62H119NO13. The van der Waals surface area contributed by atoms with E-state index < -0.39 is 86.8 Å². The first kappa shape index (κ1) is 70.8. The third-order valence-electron chi connectivity index (χ3n) is 16.0. The summed E-state index contributed by atoms with van der Waals surface area (Å²) in [6.45, 7) is 2.84. The maximum absolute atomic E-state index is 13.2. The van der Waals surface area contributed by atoms with Crippen LogP contribution in [0.25, 0.3) is 0 Å². The number of rotatable bonds is 52. The highest BCUT2D eigenvalue weighted by Gasteiger charge is 2.51. The highest BCUT2D eigenvalue weighted by molar-refractivity contribution is 5.76. The first-order valence-corrected chi connectivity index (χ1v) is 31.9. The van der Waals surface area contributed by atoms with Gasteiger partial charge in [-0.15, -0.1) is 0 Å². The molecule has 76 heavy (non-hydrogen) atoms. The number of ether oxygens (including phenoxy) is 4. The van der Waals surface area contributed by atoms with E-state index in [1.165, 1.54) is 218 Å². The molecule has 14 heteroatoms. The van der Waals surface area contributed by atoms with Gasteiger partial charge in [-0.1, -0.05) is 270 Å². The van der Waals surface area contributed by atoms with Crippen molar-refractivity contribution in [1.82, 2.24) is 5.32 Å². The third kappa shape index (κ3) is 33.5. The second-order valence-corrected chi connectivity index (χ2v) is 22.9. The maximum atomic E-state index is 13.2. The van der Waals surface area contributed by atoms with Crippen molar-refractivity contribution in [2.24, 2.45) is 0 Å². The normalized spacial score (nSPS) is 24.9. The summed E-state index contributed by atoms with van der Waals surface area (Å²) in [6.07, 6.45) is 39.7.